The molecular formula is C14H8BrCl2NO3. The van der Waals surface area contributed by atoms with E-state index in [1.165, 1.54) is 24.3 Å². The van der Waals surface area contributed by atoms with Crippen LogP contribution in [0.1, 0.15) is 20.7 Å². The van der Waals surface area contributed by atoms with Gasteiger partial charge < -0.3 is 10.4 Å². The first-order valence-corrected chi connectivity index (χ1v) is 7.23. The number of hydrogen-bond acceptors (Lipinski definition) is 2. The molecule has 0 saturated carbocycles. The van der Waals surface area contributed by atoms with Crippen LogP contribution in [0, 0.1) is 0 Å². The van der Waals surface area contributed by atoms with Crippen LogP contribution >= 0.6 is 39.1 Å². The van der Waals surface area contributed by atoms with Crippen LogP contribution in [-0.2, 0) is 0 Å². The highest BCUT2D eigenvalue weighted by molar-refractivity contribution is 9.10. The largest absolute Gasteiger partial charge is 0.478 e. The number of hydrogen-bond donors (Lipinski definition) is 2. The summed E-state index contributed by atoms with van der Waals surface area (Å²) < 4.78 is 0.591. The van der Waals surface area contributed by atoms with Crippen LogP contribution in [0.4, 0.5) is 5.69 Å². The van der Waals surface area contributed by atoms with E-state index in [9.17, 15) is 9.59 Å². The number of carbonyl (C=O) groups excluding carboxylic acids is 1. The Kier molecular flexibility index (Phi) is 4.88. The summed E-state index contributed by atoms with van der Waals surface area (Å²) in [5.74, 6) is -1.73. The fraction of sp³-hybridized carbons (Fsp3) is 0. The van der Waals surface area contributed by atoms with Crippen LogP contribution in [0.5, 0.6) is 0 Å². The molecule has 0 saturated heterocycles. The van der Waals surface area contributed by atoms with Gasteiger partial charge in [0.15, 0.2) is 0 Å². The molecule has 4 nitrogen and oxygen atoms in total. The van der Waals surface area contributed by atoms with Gasteiger partial charge in [-0.1, -0.05) is 45.2 Å². The minimum Gasteiger partial charge on any atom is -0.478 e. The van der Waals surface area contributed by atoms with Gasteiger partial charge in [0.25, 0.3) is 5.91 Å². The molecule has 2 N–H and O–H groups in total. The van der Waals surface area contributed by atoms with E-state index in [2.05, 4.69) is 21.2 Å². The van der Waals surface area contributed by atoms with Crippen LogP contribution in [0.15, 0.2) is 40.9 Å². The number of rotatable bonds is 3. The van der Waals surface area contributed by atoms with E-state index in [4.69, 9.17) is 28.3 Å². The zero-order chi connectivity index (χ0) is 15.6. The molecule has 2 aromatic carbocycles. The van der Waals surface area contributed by atoms with Gasteiger partial charge in [-0.25, -0.2) is 4.79 Å². The Labute approximate surface area is 138 Å². The molecule has 2 rings (SSSR count). The van der Waals surface area contributed by atoms with Gasteiger partial charge in [0, 0.05) is 4.47 Å². The summed E-state index contributed by atoms with van der Waals surface area (Å²) >= 11 is 15.1. The molecule has 2 aromatic rings. The Bertz CT molecular complexity index is 714. The molecule has 0 unspecified atom stereocenters. The summed E-state index contributed by atoms with van der Waals surface area (Å²) in [5.41, 5.74) is 0.215. The Morgan fingerprint density at radius 3 is 2.29 bits per heavy atom. The molecule has 0 atom stereocenters. The number of nitrogens with one attached hydrogen (secondary N) is 1. The number of benzene rings is 2. The molecule has 0 radical (unpaired) electrons. The summed E-state index contributed by atoms with van der Waals surface area (Å²) in [5, 5.41) is 12.0. The maximum Gasteiger partial charge on any atom is 0.337 e. The van der Waals surface area contributed by atoms with Crippen molar-refractivity contribution in [2.24, 2.45) is 0 Å². The minimum atomic E-state index is -1.16. The van der Waals surface area contributed by atoms with Crippen LogP contribution in [0.25, 0.3) is 0 Å². The summed E-state index contributed by atoms with van der Waals surface area (Å²) in [6.07, 6.45) is 0. The van der Waals surface area contributed by atoms with E-state index in [0.717, 1.165) is 0 Å². The van der Waals surface area contributed by atoms with E-state index in [-0.39, 0.29) is 26.9 Å². The fourth-order valence-corrected chi connectivity index (χ4v) is 2.63. The summed E-state index contributed by atoms with van der Waals surface area (Å²) in [4.78, 5) is 23.4. The molecule has 0 aliphatic carbocycles. The second kappa shape index (κ2) is 6.47. The van der Waals surface area contributed by atoms with Crippen molar-refractivity contribution in [2.45, 2.75) is 0 Å². The summed E-state index contributed by atoms with van der Waals surface area (Å²) in [6.45, 7) is 0. The van der Waals surface area contributed by atoms with E-state index in [1.807, 2.05) is 0 Å². The number of amides is 1. The van der Waals surface area contributed by atoms with Crippen molar-refractivity contribution in [2.75, 3.05) is 5.32 Å². The standard InChI is InChI=1S/C14H8BrCl2NO3/c15-7-4-5-11(8(6-7)14(20)21)18-13(19)12-9(16)2-1-3-10(12)17/h1-6H,(H,18,19)(H,20,21). The molecule has 7 heteroatoms. The lowest BCUT2D eigenvalue weighted by atomic mass is 10.1. The maximum atomic E-state index is 12.2. The smallest absolute Gasteiger partial charge is 0.337 e. The second-order valence-corrected chi connectivity index (χ2v) is 5.78. The van der Waals surface area contributed by atoms with Crippen LogP contribution in [0.2, 0.25) is 10.0 Å². The van der Waals surface area contributed by atoms with Crippen LogP contribution in [-0.4, -0.2) is 17.0 Å². The van der Waals surface area contributed by atoms with Crippen molar-refractivity contribution >= 4 is 56.7 Å². The highest BCUT2D eigenvalue weighted by Gasteiger charge is 2.18. The van der Waals surface area contributed by atoms with Crippen molar-refractivity contribution in [3.05, 3.63) is 62.0 Å². The van der Waals surface area contributed by atoms with Gasteiger partial charge in [0.05, 0.1) is 26.9 Å². The van der Waals surface area contributed by atoms with Crippen LogP contribution < -0.4 is 5.32 Å². The molecular weight excluding hydrogens is 381 g/mol. The Morgan fingerprint density at radius 2 is 1.71 bits per heavy atom. The maximum absolute atomic E-state index is 12.2. The normalized spacial score (nSPS) is 10.2. The monoisotopic (exact) mass is 387 g/mol. The van der Waals surface area contributed by atoms with Gasteiger partial charge in [0.1, 0.15) is 0 Å². The molecule has 0 bridgehead atoms. The number of aromatic carboxylic acids is 1. The lowest BCUT2D eigenvalue weighted by Crippen LogP contribution is -2.15. The number of anilines is 1. The van der Waals surface area contributed by atoms with Crippen LogP contribution in [0.3, 0.4) is 0 Å². The average Bonchev–Trinajstić information content (AvgIpc) is 2.40. The van der Waals surface area contributed by atoms with Crippen molar-refractivity contribution in [3.8, 4) is 0 Å². The Hall–Kier alpha value is -1.56. The lowest BCUT2D eigenvalue weighted by molar-refractivity contribution is 0.0698. The van der Waals surface area contributed by atoms with Gasteiger partial charge >= 0.3 is 5.97 Å². The van der Waals surface area contributed by atoms with Crippen molar-refractivity contribution < 1.29 is 14.7 Å². The third kappa shape index (κ3) is 3.56. The van der Waals surface area contributed by atoms with Gasteiger partial charge in [-0.3, -0.25) is 4.79 Å². The first kappa shape index (κ1) is 15.8. The van der Waals surface area contributed by atoms with Gasteiger partial charge in [-0.2, -0.15) is 0 Å². The average molecular weight is 389 g/mol. The summed E-state index contributed by atoms with van der Waals surface area (Å²) in [7, 11) is 0. The summed E-state index contributed by atoms with van der Waals surface area (Å²) in [6, 6.07) is 9.17. The van der Waals surface area contributed by atoms with E-state index in [1.54, 1.807) is 12.1 Å². The predicted molar refractivity (Wildman–Crippen MR) is 85.5 cm³/mol. The molecule has 1 amide bonds. The van der Waals surface area contributed by atoms with Gasteiger partial charge in [0.2, 0.25) is 0 Å². The third-order valence-corrected chi connectivity index (χ3v) is 3.77. The third-order valence-electron chi connectivity index (χ3n) is 2.65. The first-order valence-electron chi connectivity index (χ1n) is 5.68. The molecule has 108 valence electrons. The molecule has 0 heterocycles. The van der Waals surface area contributed by atoms with E-state index < -0.39 is 11.9 Å². The fourth-order valence-electron chi connectivity index (χ4n) is 1.70. The van der Waals surface area contributed by atoms with Gasteiger partial charge in [-0.05, 0) is 30.3 Å². The number of carboxylic acid groups (broad SMARTS) is 1. The minimum absolute atomic E-state index is 0.0408. The second-order valence-electron chi connectivity index (χ2n) is 4.05. The van der Waals surface area contributed by atoms with Crippen molar-refractivity contribution in [1.29, 1.82) is 0 Å². The molecule has 0 spiro atoms. The highest BCUT2D eigenvalue weighted by Crippen LogP contribution is 2.27. The SMILES string of the molecule is O=C(O)c1cc(Br)ccc1NC(=O)c1c(Cl)cccc1Cl. The molecule has 21 heavy (non-hydrogen) atoms. The Morgan fingerprint density at radius 1 is 1.10 bits per heavy atom. The number of halogens is 3. The lowest BCUT2D eigenvalue weighted by Gasteiger charge is -2.11. The topological polar surface area (TPSA) is 66.4 Å². The van der Waals surface area contributed by atoms with Gasteiger partial charge in [-0.15, -0.1) is 0 Å². The molecule has 0 aliphatic heterocycles. The molecule has 0 fully saturated rings. The number of carbonyl (C=O) groups is 2. The number of carboxylic acids is 1. The molecule has 0 aliphatic rings. The van der Waals surface area contributed by atoms with Crippen molar-refractivity contribution in [3.63, 3.8) is 0 Å². The zero-order valence-electron chi connectivity index (χ0n) is 10.4. The zero-order valence-corrected chi connectivity index (χ0v) is 13.5. The van der Waals surface area contributed by atoms with Crippen molar-refractivity contribution in [1.82, 2.24) is 0 Å². The quantitative estimate of drug-likeness (QED) is 0.800. The Balaban J connectivity index is 2.39. The highest BCUT2D eigenvalue weighted by atomic mass is 79.9. The first-order chi connectivity index (χ1) is 9.90. The molecule has 0 aromatic heterocycles. The predicted octanol–water partition coefficient (Wildman–Crippen LogP) is 4.71. The van der Waals surface area contributed by atoms with E-state index in [0.29, 0.717) is 4.47 Å². The van der Waals surface area contributed by atoms with E-state index >= 15 is 0 Å².